The molecule has 350 valence electrons. The van der Waals surface area contributed by atoms with E-state index in [1.807, 2.05) is 6.20 Å². The number of aryl methyl sites for hydroxylation is 1. The van der Waals surface area contributed by atoms with Crippen molar-refractivity contribution in [1.29, 1.82) is 0 Å². The zero-order chi connectivity index (χ0) is 48.8. The number of ether oxygens (including phenoxy) is 2. The average molecular weight is 934 g/mol. The predicted molar refractivity (Wildman–Crippen MR) is 233 cm³/mol. The lowest BCUT2D eigenvalue weighted by Crippen LogP contribution is -2.32. The van der Waals surface area contributed by atoms with Gasteiger partial charge in [-0.05, 0) is 94.1 Å². The second-order valence-corrected chi connectivity index (χ2v) is 16.1. The van der Waals surface area contributed by atoms with Gasteiger partial charge in [-0.15, -0.1) is 0 Å². The van der Waals surface area contributed by atoms with Crippen molar-refractivity contribution in [3.8, 4) is 22.5 Å². The number of nitrogens with zero attached hydrogens (tertiary/aromatic N) is 7. The van der Waals surface area contributed by atoms with Crippen molar-refractivity contribution in [3.05, 3.63) is 124 Å². The summed E-state index contributed by atoms with van der Waals surface area (Å²) in [6.45, 7) is 9.36. The van der Waals surface area contributed by atoms with Crippen LogP contribution in [0.5, 0.6) is 0 Å². The third-order valence-corrected chi connectivity index (χ3v) is 8.17. The van der Waals surface area contributed by atoms with Crippen LogP contribution in [0.25, 0.3) is 22.5 Å². The number of aromatic nitrogens is 6. The van der Waals surface area contributed by atoms with E-state index >= 15 is 0 Å². The summed E-state index contributed by atoms with van der Waals surface area (Å²) < 4.78 is 93.2. The first kappa shape index (κ1) is 52.6. The van der Waals surface area contributed by atoms with E-state index in [1.54, 1.807) is 72.6 Å². The Morgan fingerprint density at radius 1 is 0.785 bits per heavy atom. The summed E-state index contributed by atoms with van der Waals surface area (Å²) in [6, 6.07) is 10.6. The van der Waals surface area contributed by atoms with E-state index < -0.39 is 46.9 Å². The van der Waals surface area contributed by atoms with E-state index in [0.29, 0.717) is 29.2 Å². The van der Waals surface area contributed by atoms with Gasteiger partial charge in [0.2, 0.25) is 5.28 Å². The van der Waals surface area contributed by atoms with E-state index in [0.717, 1.165) is 17.7 Å². The maximum Gasteiger partial charge on any atom is 0.416 e. The summed E-state index contributed by atoms with van der Waals surface area (Å²) in [6.07, 6.45) is -1.21. The Morgan fingerprint density at radius 3 is 1.65 bits per heavy atom. The number of alkyl carbamates (subject to hydrolysis) is 2. The highest BCUT2D eigenvalue weighted by molar-refractivity contribution is 6.28. The van der Waals surface area contributed by atoms with E-state index in [2.05, 4.69) is 40.7 Å². The molecule has 0 radical (unpaired) electrons. The Bertz CT molecular complexity index is 2440. The fourth-order valence-corrected chi connectivity index (χ4v) is 5.50. The summed E-state index contributed by atoms with van der Waals surface area (Å²) in [7, 11) is 3.43. The molecule has 0 aliphatic heterocycles. The molecule has 0 bridgehead atoms. The molecule has 5 rings (SSSR count). The molecule has 6 N–H and O–H groups in total. The van der Waals surface area contributed by atoms with Gasteiger partial charge >= 0.3 is 24.5 Å². The number of amides is 2. The standard InChI is InChI=1S/C22H24F3N5O2.C17H17ClF3N3O2.C4H9N3/c1-21(2,3)32-20(31)27-12-16-6-5-15(10-17(16)22(23,24)25)18-7-8-26-19(29-18)9-14-11-28-30(4)13-14;1-16(2,3)26-15(25)23-9-11-5-4-10(8-12(11)17(19,20)21)13-6-7-22-14(18)24-13;1-7-3-4(6)2-5/h5-8,10-11,13H,9,12H2,1-4H3,(H,27,31);4-8H,9H2,1-3H3,(H,23,25);2-3H,5-6H2,1H3. The van der Waals surface area contributed by atoms with Gasteiger partial charge in [0.15, 0.2) is 0 Å². The highest BCUT2D eigenvalue weighted by Gasteiger charge is 2.35. The van der Waals surface area contributed by atoms with Gasteiger partial charge in [-0.1, -0.05) is 24.3 Å². The average Bonchev–Trinajstić information content (AvgIpc) is 3.61. The van der Waals surface area contributed by atoms with Crippen LogP contribution in [0.4, 0.5) is 35.9 Å². The van der Waals surface area contributed by atoms with Gasteiger partial charge in [0, 0.05) is 75.7 Å². The van der Waals surface area contributed by atoms with Crippen LogP contribution in [-0.4, -0.2) is 66.4 Å². The first-order valence-corrected chi connectivity index (χ1v) is 19.8. The molecule has 3 aromatic heterocycles. The van der Waals surface area contributed by atoms with E-state index in [4.69, 9.17) is 32.5 Å². The number of alkyl halides is 6. The van der Waals surface area contributed by atoms with Crippen LogP contribution >= 0.6 is 11.6 Å². The quantitative estimate of drug-likeness (QED) is 0.0623. The summed E-state index contributed by atoms with van der Waals surface area (Å²) in [5, 5.41) is 8.72. The number of halogens is 7. The van der Waals surface area contributed by atoms with Crippen LogP contribution in [0.15, 0.2) is 90.2 Å². The summed E-state index contributed by atoms with van der Waals surface area (Å²) in [5.74, 6) is 0.472. The molecule has 0 atom stereocenters. The normalized spacial score (nSPS) is 12.1. The zero-order valence-corrected chi connectivity index (χ0v) is 37.5. The van der Waals surface area contributed by atoms with Crippen LogP contribution in [0, 0.1) is 0 Å². The smallest absolute Gasteiger partial charge is 0.416 e. The number of hydrogen-bond donors (Lipinski definition) is 4. The lowest BCUT2D eigenvalue weighted by molar-refractivity contribution is -0.139. The molecule has 2 aromatic carbocycles. The molecule has 0 spiro atoms. The highest BCUT2D eigenvalue weighted by atomic mass is 35.5. The molecule has 2 amide bonds. The number of carbonyl (C=O) groups excluding carboxylic acids is 2. The van der Waals surface area contributed by atoms with Crippen molar-refractivity contribution in [2.75, 3.05) is 7.05 Å². The minimum absolute atomic E-state index is 0.0632. The second kappa shape index (κ2) is 22.7. The van der Waals surface area contributed by atoms with E-state index in [-0.39, 0.29) is 40.8 Å². The topological polar surface area (TPSA) is 210 Å². The van der Waals surface area contributed by atoms with Crippen molar-refractivity contribution < 1.29 is 45.4 Å². The van der Waals surface area contributed by atoms with Crippen molar-refractivity contribution >= 4 is 30.0 Å². The molecule has 0 aliphatic rings. The van der Waals surface area contributed by atoms with Gasteiger partial charge in [0.1, 0.15) is 17.0 Å². The Kier molecular flexibility index (Phi) is 18.4. The molecule has 22 heteroatoms. The van der Waals surface area contributed by atoms with Crippen LogP contribution in [-0.2, 0) is 48.4 Å². The van der Waals surface area contributed by atoms with Gasteiger partial charge in [-0.25, -0.2) is 29.5 Å². The predicted octanol–water partition coefficient (Wildman–Crippen LogP) is 8.80. The van der Waals surface area contributed by atoms with Gasteiger partial charge in [0.25, 0.3) is 0 Å². The molecule has 5 aromatic rings. The molecule has 65 heavy (non-hydrogen) atoms. The number of aliphatic imine (C=N–C) groups is 1. The van der Waals surface area contributed by atoms with Crippen LogP contribution in [0.2, 0.25) is 5.28 Å². The molecule has 0 unspecified atom stereocenters. The summed E-state index contributed by atoms with van der Waals surface area (Å²) in [5.41, 5.74) is 9.33. The third kappa shape index (κ3) is 18.5. The lowest BCUT2D eigenvalue weighted by atomic mass is 10.0. The van der Waals surface area contributed by atoms with Crippen LogP contribution in [0.1, 0.15) is 75.2 Å². The van der Waals surface area contributed by atoms with E-state index in [1.165, 1.54) is 55.1 Å². The van der Waals surface area contributed by atoms with Crippen molar-refractivity contribution in [2.24, 2.45) is 23.5 Å². The van der Waals surface area contributed by atoms with Gasteiger partial charge in [-0.3, -0.25) is 9.67 Å². The minimum Gasteiger partial charge on any atom is -0.444 e. The van der Waals surface area contributed by atoms with Crippen molar-refractivity contribution in [1.82, 2.24) is 40.3 Å². The molecule has 0 aliphatic carbocycles. The molecule has 0 fully saturated rings. The number of allylic oxidation sites excluding steroid dienone is 1. The van der Waals surface area contributed by atoms with Gasteiger partial charge in [-0.2, -0.15) is 31.4 Å². The Hall–Kier alpha value is -6.77. The SMILES string of the molecule is CC(C)(C)OC(=O)NCc1ccc(-c2ccnc(Cl)n2)cc1C(F)(F)F.CN=CC(N)=CN.Cn1cc(Cc2nccc(-c3ccc(CNC(=O)OC(C)(C)C)c(C(F)(F)F)c3)n2)cn1. The Labute approximate surface area is 376 Å². The lowest BCUT2D eigenvalue weighted by Gasteiger charge is -2.20. The first-order valence-electron chi connectivity index (χ1n) is 19.4. The maximum absolute atomic E-state index is 13.7. The van der Waals surface area contributed by atoms with Crippen LogP contribution < -0.4 is 22.1 Å². The number of rotatable bonds is 9. The summed E-state index contributed by atoms with van der Waals surface area (Å²) >= 11 is 5.69. The van der Waals surface area contributed by atoms with Crippen molar-refractivity contribution in [3.63, 3.8) is 0 Å². The first-order chi connectivity index (χ1) is 30.2. The third-order valence-electron chi connectivity index (χ3n) is 7.99. The number of nitrogens with one attached hydrogen (secondary N) is 2. The molecule has 3 heterocycles. The molecular weight excluding hydrogens is 884 g/mol. The number of benzene rings is 2. The highest BCUT2D eigenvalue weighted by Crippen LogP contribution is 2.36. The maximum atomic E-state index is 13.7. The fourth-order valence-electron chi connectivity index (χ4n) is 5.35. The molecule has 0 saturated carbocycles. The van der Waals surface area contributed by atoms with E-state index in [9.17, 15) is 35.9 Å². The fraction of sp³-hybridized carbons (Fsp3) is 0.349. The largest absolute Gasteiger partial charge is 0.444 e. The summed E-state index contributed by atoms with van der Waals surface area (Å²) in [4.78, 5) is 43.3. The van der Waals surface area contributed by atoms with Crippen molar-refractivity contribution in [2.45, 2.75) is 84.6 Å². The Morgan fingerprint density at radius 2 is 1.26 bits per heavy atom. The zero-order valence-electron chi connectivity index (χ0n) is 36.8. The molecular formula is C43H50ClF6N11O4. The number of hydrogen-bond acceptors (Lipinski definition) is 12. The molecule has 15 nitrogen and oxygen atoms in total. The Balaban J connectivity index is 0.000000306. The second-order valence-electron chi connectivity index (χ2n) is 15.8. The number of nitrogens with two attached hydrogens (primary N) is 2. The monoisotopic (exact) mass is 933 g/mol. The molecule has 0 saturated heterocycles. The number of carbonyl (C=O) groups is 2. The van der Waals surface area contributed by atoms with Gasteiger partial charge in [0.05, 0.1) is 34.4 Å². The van der Waals surface area contributed by atoms with Gasteiger partial charge < -0.3 is 31.6 Å². The van der Waals surface area contributed by atoms with Crippen LogP contribution in [0.3, 0.4) is 0 Å². The minimum atomic E-state index is -4.60.